The van der Waals surface area contributed by atoms with Crippen molar-refractivity contribution in [1.82, 2.24) is 10.3 Å². The zero-order valence-electron chi connectivity index (χ0n) is 10.8. The molecule has 0 saturated carbocycles. The molecule has 0 aliphatic carbocycles. The number of carbonyl (C=O) groups excluding carboxylic acids is 1. The summed E-state index contributed by atoms with van der Waals surface area (Å²) < 4.78 is 0. The lowest BCUT2D eigenvalue weighted by Gasteiger charge is -2.07. The molecule has 0 unspecified atom stereocenters. The lowest BCUT2D eigenvalue weighted by Crippen LogP contribution is -2.22. The normalized spacial score (nSPS) is 10.2. The summed E-state index contributed by atoms with van der Waals surface area (Å²) in [5.74, 6) is 0.668. The highest BCUT2D eigenvalue weighted by molar-refractivity contribution is 7.09. The highest BCUT2D eigenvalue weighted by Crippen LogP contribution is 2.10. The number of nitrogens with one attached hydrogen (secondary N) is 2. The number of carbonyl (C=O) groups is 1. The standard InChI is InChI=1S/C14H17N3OS/c1-2-6-15-13-9-11(5-7-16-13)14(18)17-10-12-4-3-8-19-12/h3-5,7-9H,2,6,10H2,1H3,(H,15,16)(H,17,18). The minimum atomic E-state index is -0.0738. The Labute approximate surface area is 116 Å². The second kappa shape index (κ2) is 6.89. The van der Waals surface area contributed by atoms with Crippen LogP contribution >= 0.6 is 11.3 Å². The molecule has 2 heterocycles. The fourth-order valence-electron chi connectivity index (χ4n) is 1.60. The van der Waals surface area contributed by atoms with Crippen molar-refractivity contribution in [3.8, 4) is 0 Å². The molecule has 5 heteroatoms. The van der Waals surface area contributed by atoms with Crippen molar-refractivity contribution in [3.63, 3.8) is 0 Å². The minimum Gasteiger partial charge on any atom is -0.370 e. The number of rotatable bonds is 6. The third kappa shape index (κ3) is 4.06. The molecule has 100 valence electrons. The summed E-state index contributed by atoms with van der Waals surface area (Å²) in [6.45, 7) is 3.51. The van der Waals surface area contributed by atoms with Gasteiger partial charge in [-0.25, -0.2) is 4.98 Å². The van der Waals surface area contributed by atoms with Crippen LogP contribution in [0.15, 0.2) is 35.8 Å². The molecule has 0 aromatic carbocycles. The second-order valence-electron chi connectivity index (χ2n) is 4.12. The van der Waals surface area contributed by atoms with Crippen LogP contribution in [-0.2, 0) is 6.54 Å². The van der Waals surface area contributed by atoms with Crippen LogP contribution in [-0.4, -0.2) is 17.4 Å². The summed E-state index contributed by atoms with van der Waals surface area (Å²) in [5, 5.41) is 8.07. The van der Waals surface area contributed by atoms with Crippen LogP contribution < -0.4 is 10.6 Å². The van der Waals surface area contributed by atoms with Gasteiger partial charge in [0.05, 0.1) is 6.54 Å². The topological polar surface area (TPSA) is 54.0 Å². The maximum Gasteiger partial charge on any atom is 0.251 e. The van der Waals surface area contributed by atoms with E-state index in [1.807, 2.05) is 17.5 Å². The van der Waals surface area contributed by atoms with Crippen molar-refractivity contribution in [2.75, 3.05) is 11.9 Å². The van der Waals surface area contributed by atoms with Gasteiger partial charge in [0.15, 0.2) is 0 Å². The van der Waals surface area contributed by atoms with E-state index in [1.165, 1.54) is 0 Å². The maximum absolute atomic E-state index is 12.0. The van der Waals surface area contributed by atoms with Crippen molar-refractivity contribution in [3.05, 3.63) is 46.3 Å². The zero-order chi connectivity index (χ0) is 13.5. The van der Waals surface area contributed by atoms with Crippen LogP contribution in [0.5, 0.6) is 0 Å². The number of nitrogens with zero attached hydrogens (tertiary/aromatic N) is 1. The van der Waals surface area contributed by atoms with Gasteiger partial charge in [-0.1, -0.05) is 13.0 Å². The van der Waals surface area contributed by atoms with E-state index in [1.54, 1.807) is 29.7 Å². The summed E-state index contributed by atoms with van der Waals surface area (Å²) >= 11 is 1.63. The molecule has 2 aromatic rings. The minimum absolute atomic E-state index is 0.0738. The molecule has 0 spiro atoms. The van der Waals surface area contributed by atoms with Gasteiger partial charge in [-0.3, -0.25) is 4.79 Å². The molecule has 0 atom stereocenters. The van der Waals surface area contributed by atoms with E-state index in [-0.39, 0.29) is 5.91 Å². The summed E-state index contributed by atoms with van der Waals surface area (Å²) in [5.41, 5.74) is 0.630. The summed E-state index contributed by atoms with van der Waals surface area (Å²) in [6.07, 6.45) is 2.68. The third-order valence-corrected chi connectivity index (χ3v) is 3.46. The molecule has 4 nitrogen and oxygen atoms in total. The molecule has 2 aromatic heterocycles. The van der Waals surface area contributed by atoms with Crippen LogP contribution in [0.4, 0.5) is 5.82 Å². The van der Waals surface area contributed by atoms with Crippen LogP contribution in [0, 0.1) is 0 Å². The van der Waals surface area contributed by atoms with Gasteiger partial charge in [0.1, 0.15) is 5.82 Å². The van der Waals surface area contributed by atoms with Crippen LogP contribution in [0.2, 0.25) is 0 Å². The first-order valence-electron chi connectivity index (χ1n) is 6.30. The number of anilines is 1. The molecular weight excluding hydrogens is 258 g/mol. The Morgan fingerprint density at radius 1 is 1.42 bits per heavy atom. The van der Waals surface area contributed by atoms with Crippen LogP contribution in [0.3, 0.4) is 0 Å². The SMILES string of the molecule is CCCNc1cc(C(=O)NCc2cccs2)ccn1. The first-order chi connectivity index (χ1) is 9.29. The Hall–Kier alpha value is -1.88. The molecule has 19 heavy (non-hydrogen) atoms. The summed E-state index contributed by atoms with van der Waals surface area (Å²) in [6, 6.07) is 7.48. The van der Waals surface area contributed by atoms with Gasteiger partial charge < -0.3 is 10.6 Å². The second-order valence-corrected chi connectivity index (χ2v) is 5.15. The van der Waals surface area contributed by atoms with E-state index < -0.39 is 0 Å². The van der Waals surface area contributed by atoms with E-state index in [9.17, 15) is 4.79 Å². The first kappa shape index (κ1) is 13.5. The predicted molar refractivity (Wildman–Crippen MR) is 78.5 cm³/mol. The van der Waals surface area contributed by atoms with Gasteiger partial charge in [0.2, 0.25) is 0 Å². The number of thiophene rings is 1. The molecule has 0 saturated heterocycles. The van der Waals surface area contributed by atoms with E-state index >= 15 is 0 Å². The molecule has 2 rings (SSSR count). The number of hydrogen-bond acceptors (Lipinski definition) is 4. The van der Waals surface area contributed by atoms with Crippen molar-refractivity contribution in [2.24, 2.45) is 0 Å². The van der Waals surface area contributed by atoms with Gasteiger partial charge >= 0.3 is 0 Å². The quantitative estimate of drug-likeness (QED) is 0.852. The Balaban J connectivity index is 1.94. The predicted octanol–water partition coefficient (Wildman–Crippen LogP) is 2.90. The Morgan fingerprint density at radius 3 is 3.05 bits per heavy atom. The Morgan fingerprint density at radius 2 is 2.32 bits per heavy atom. The number of hydrogen-bond donors (Lipinski definition) is 2. The average molecular weight is 275 g/mol. The first-order valence-corrected chi connectivity index (χ1v) is 7.18. The van der Waals surface area contributed by atoms with Gasteiger partial charge in [0.25, 0.3) is 5.91 Å². The van der Waals surface area contributed by atoms with Gasteiger partial charge in [0, 0.05) is 23.2 Å². The molecule has 0 radical (unpaired) electrons. The van der Waals surface area contributed by atoms with Gasteiger partial charge in [-0.05, 0) is 30.0 Å². The lowest BCUT2D eigenvalue weighted by atomic mass is 10.2. The van der Waals surface area contributed by atoms with Crippen LogP contribution in [0.1, 0.15) is 28.6 Å². The Bertz CT molecular complexity index is 525. The van der Waals surface area contributed by atoms with Gasteiger partial charge in [-0.15, -0.1) is 11.3 Å². The maximum atomic E-state index is 12.0. The van der Waals surface area contributed by atoms with Crippen LogP contribution in [0.25, 0.3) is 0 Å². The van der Waals surface area contributed by atoms with Crippen molar-refractivity contribution >= 4 is 23.1 Å². The number of pyridine rings is 1. The molecule has 0 bridgehead atoms. The lowest BCUT2D eigenvalue weighted by molar-refractivity contribution is 0.0951. The summed E-state index contributed by atoms with van der Waals surface area (Å²) in [7, 11) is 0. The highest BCUT2D eigenvalue weighted by Gasteiger charge is 2.06. The molecule has 0 aliphatic rings. The van der Waals surface area contributed by atoms with Crippen molar-refractivity contribution in [1.29, 1.82) is 0 Å². The van der Waals surface area contributed by atoms with E-state index in [0.29, 0.717) is 12.1 Å². The molecule has 0 aliphatic heterocycles. The molecule has 1 amide bonds. The van der Waals surface area contributed by atoms with Crippen molar-refractivity contribution < 1.29 is 4.79 Å². The van der Waals surface area contributed by atoms with E-state index in [2.05, 4.69) is 22.5 Å². The number of amides is 1. The smallest absolute Gasteiger partial charge is 0.251 e. The number of aromatic nitrogens is 1. The molecule has 0 fully saturated rings. The fourth-order valence-corrected chi connectivity index (χ4v) is 2.25. The largest absolute Gasteiger partial charge is 0.370 e. The van der Waals surface area contributed by atoms with E-state index in [0.717, 1.165) is 23.7 Å². The van der Waals surface area contributed by atoms with Gasteiger partial charge in [-0.2, -0.15) is 0 Å². The molecule has 2 N–H and O–H groups in total. The third-order valence-electron chi connectivity index (χ3n) is 2.58. The average Bonchev–Trinajstić information content (AvgIpc) is 2.96. The molecular formula is C14H17N3OS. The monoisotopic (exact) mass is 275 g/mol. The zero-order valence-corrected chi connectivity index (χ0v) is 11.7. The summed E-state index contributed by atoms with van der Waals surface area (Å²) in [4.78, 5) is 17.3. The van der Waals surface area contributed by atoms with E-state index in [4.69, 9.17) is 0 Å². The Kier molecular flexibility index (Phi) is 4.92. The van der Waals surface area contributed by atoms with Crippen molar-refractivity contribution in [2.45, 2.75) is 19.9 Å². The highest BCUT2D eigenvalue weighted by atomic mass is 32.1. The fraction of sp³-hybridized carbons (Fsp3) is 0.286.